The topological polar surface area (TPSA) is 92.8 Å². The Bertz CT molecular complexity index is 1110. The smallest absolute Gasteiger partial charge is 0.338 e. The van der Waals surface area contributed by atoms with Crippen LogP contribution < -0.4 is 10.2 Å². The molecular weight excluding hydrogens is 432 g/mol. The summed E-state index contributed by atoms with van der Waals surface area (Å²) in [7, 11) is 0. The molecule has 2 aromatic carbocycles. The molecular formula is C24H21ClN2O5. The fourth-order valence-corrected chi connectivity index (χ4v) is 4.32. The van der Waals surface area contributed by atoms with Crippen molar-refractivity contribution in [3.8, 4) is 0 Å². The number of rotatable bonds is 5. The number of ether oxygens (including phenoxy) is 1. The van der Waals surface area contributed by atoms with Gasteiger partial charge in [0.05, 0.1) is 23.1 Å². The number of nitrogens with one attached hydrogen (secondary N) is 1. The van der Waals surface area contributed by atoms with Gasteiger partial charge in [-0.05, 0) is 54.8 Å². The number of carbonyl (C=O) groups excluding carboxylic acids is 4. The van der Waals surface area contributed by atoms with E-state index < -0.39 is 18.5 Å². The maximum atomic E-state index is 12.9. The molecule has 2 aromatic rings. The predicted molar refractivity (Wildman–Crippen MR) is 119 cm³/mol. The molecule has 0 spiro atoms. The number of nitrogens with zero attached hydrogens (tertiary/aromatic N) is 1. The number of carbonyl (C=O) groups is 4. The second-order valence-electron chi connectivity index (χ2n) is 7.85. The molecule has 4 rings (SSSR count). The summed E-state index contributed by atoms with van der Waals surface area (Å²) in [6.07, 6.45) is 4.47. The van der Waals surface area contributed by atoms with Crippen molar-refractivity contribution < 1.29 is 23.9 Å². The molecule has 0 aromatic heterocycles. The third-order valence-electron chi connectivity index (χ3n) is 5.68. The summed E-state index contributed by atoms with van der Waals surface area (Å²) < 4.78 is 5.05. The number of hydrogen-bond acceptors (Lipinski definition) is 5. The molecule has 0 saturated carbocycles. The van der Waals surface area contributed by atoms with E-state index in [2.05, 4.69) is 5.32 Å². The Balaban J connectivity index is 1.37. The SMILES string of the molecule is C[C@@H]1C=CC[C@@H]2C(=O)N(c3ccc(C(=O)OCC(=O)Nc4cccc(Cl)c4)cc3)C(=O)[C@H]12. The lowest BCUT2D eigenvalue weighted by Gasteiger charge is -2.22. The molecule has 2 aliphatic rings. The molecule has 1 heterocycles. The van der Waals surface area contributed by atoms with Crippen LogP contribution in [0.3, 0.4) is 0 Å². The van der Waals surface area contributed by atoms with Crippen LogP contribution in [0.5, 0.6) is 0 Å². The van der Waals surface area contributed by atoms with E-state index in [9.17, 15) is 19.2 Å². The van der Waals surface area contributed by atoms with Crippen LogP contribution >= 0.6 is 11.6 Å². The molecule has 0 bridgehead atoms. The summed E-state index contributed by atoms with van der Waals surface area (Å²) in [5, 5.41) is 3.06. The van der Waals surface area contributed by atoms with Crippen molar-refractivity contribution in [2.75, 3.05) is 16.8 Å². The molecule has 8 heteroatoms. The first-order valence-corrected chi connectivity index (χ1v) is 10.6. The molecule has 3 amide bonds. The Hall–Kier alpha value is -3.45. The maximum Gasteiger partial charge on any atom is 0.338 e. The van der Waals surface area contributed by atoms with Gasteiger partial charge in [-0.1, -0.05) is 36.7 Å². The maximum absolute atomic E-state index is 12.9. The first-order chi connectivity index (χ1) is 15.3. The number of anilines is 2. The number of esters is 1. The zero-order valence-electron chi connectivity index (χ0n) is 17.3. The van der Waals surface area contributed by atoms with Crippen LogP contribution in [-0.2, 0) is 19.1 Å². The largest absolute Gasteiger partial charge is 0.452 e. The van der Waals surface area contributed by atoms with E-state index in [-0.39, 0.29) is 35.1 Å². The van der Waals surface area contributed by atoms with Crippen LogP contribution in [0.4, 0.5) is 11.4 Å². The van der Waals surface area contributed by atoms with Crippen molar-refractivity contribution in [1.29, 1.82) is 0 Å². The number of benzene rings is 2. The van der Waals surface area contributed by atoms with Crippen LogP contribution in [-0.4, -0.2) is 30.3 Å². The summed E-state index contributed by atoms with van der Waals surface area (Å²) in [5.74, 6) is -2.32. The van der Waals surface area contributed by atoms with Gasteiger partial charge >= 0.3 is 5.97 Å². The molecule has 32 heavy (non-hydrogen) atoms. The first kappa shape index (κ1) is 21.8. The van der Waals surface area contributed by atoms with Crippen molar-refractivity contribution in [3.63, 3.8) is 0 Å². The highest BCUT2D eigenvalue weighted by molar-refractivity contribution is 6.30. The number of amides is 3. The van der Waals surface area contributed by atoms with E-state index >= 15 is 0 Å². The van der Waals surface area contributed by atoms with Gasteiger partial charge in [-0.2, -0.15) is 0 Å². The molecule has 7 nitrogen and oxygen atoms in total. The monoisotopic (exact) mass is 452 g/mol. The van der Waals surface area contributed by atoms with Gasteiger partial charge in [-0.3, -0.25) is 19.3 Å². The lowest BCUT2D eigenvalue weighted by Crippen LogP contribution is -2.31. The molecule has 164 valence electrons. The van der Waals surface area contributed by atoms with Crippen molar-refractivity contribution >= 4 is 46.7 Å². The van der Waals surface area contributed by atoms with E-state index in [1.165, 1.54) is 29.2 Å². The van der Waals surface area contributed by atoms with Gasteiger partial charge in [0.2, 0.25) is 11.8 Å². The second-order valence-corrected chi connectivity index (χ2v) is 8.29. The lowest BCUT2D eigenvalue weighted by atomic mass is 9.78. The predicted octanol–water partition coefficient (Wildman–Crippen LogP) is 3.84. The Morgan fingerprint density at radius 2 is 1.88 bits per heavy atom. The first-order valence-electron chi connectivity index (χ1n) is 10.2. The van der Waals surface area contributed by atoms with Gasteiger partial charge < -0.3 is 10.1 Å². The second kappa shape index (κ2) is 8.96. The van der Waals surface area contributed by atoms with Crippen LogP contribution in [0.25, 0.3) is 0 Å². The normalized spacial score (nSPS) is 21.9. The van der Waals surface area contributed by atoms with Gasteiger partial charge in [-0.25, -0.2) is 4.79 Å². The summed E-state index contributed by atoms with van der Waals surface area (Å²) in [4.78, 5) is 51.1. The molecule has 1 saturated heterocycles. The van der Waals surface area contributed by atoms with Crippen LogP contribution in [0.1, 0.15) is 23.7 Å². The number of halogens is 1. The molecule has 0 radical (unpaired) electrons. The van der Waals surface area contributed by atoms with Gasteiger partial charge in [0, 0.05) is 10.7 Å². The summed E-state index contributed by atoms with van der Waals surface area (Å²) in [6, 6.07) is 12.6. The third-order valence-corrected chi connectivity index (χ3v) is 5.91. The van der Waals surface area contributed by atoms with Gasteiger partial charge in [0.25, 0.3) is 5.91 Å². The molecule has 1 aliphatic heterocycles. The molecule has 1 N–H and O–H groups in total. The third kappa shape index (κ3) is 4.29. The summed E-state index contributed by atoms with van der Waals surface area (Å²) in [6.45, 7) is 1.47. The van der Waals surface area contributed by atoms with Gasteiger partial charge in [0.1, 0.15) is 0 Å². The van der Waals surface area contributed by atoms with Gasteiger partial charge in [-0.15, -0.1) is 0 Å². The van der Waals surface area contributed by atoms with Crippen molar-refractivity contribution in [2.24, 2.45) is 17.8 Å². The molecule has 0 unspecified atom stereocenters. The van der Waals surface area contributed by atoms with Crippen molar-refractivity contribution in [2.45, 2.75) is 13.3 Å². The number of imide groups is 1. The Morgan fingerprint density at radius 3 is 2.56 bits per heavy atom. The van der Waals surface area contributed by atoms with E-state index in [1.54, 1.807) is 24.3 Å². The number of allylic oxidation sites excluding steroid dienone is 2. The molecule has 1 fully saturated rings. The fraction of sp³-hybridized carbons (Fsp3) is 0.250. The number of fused-ring (bicyclic) bond motifs is 1. The van der Waals surface area contributed by atoms with Crippen LogP contribution in [0.15, 0.2) is 60.7 Å². The summed E-state index contributed by atoms with van der Waals surface area (Å²) >= 11 is 5.87. The fourth-order valence-electron chi connectivity index (χ4n) is 4.13. The Kier molecular flexibility index (Phi) is 6.10. The van der Waals surface area contributed by atoms with E-state index in [1.807, 2.05) is 19.1 Å². The Morgan fingerprint density at radius 1 is 1.12 bits per heavy atom. The van der Waals surface area contributed by atoms with E-state index in [4.69, 9.17) is 16.3 Å². The van der Waals surface area contributed by atoms with E-state index in [0.717, 1.165) is 0 Å². The van der Waals surface area contributed by atoms with Crippen LogP contribution in [0, 0.1) is 17.8 Å². The molecule has 1 aliphatic carbocycles. The number of hydrogen-bond donors (Lipinski definition) is 1. The molecule has 3 atom stereocenters. The van der Waals surface area contributed by atoms with Crippen molar-refractivity contribution in [3.05, 3.63) is 71.3 Å². The van der Waals surface area contributed by atoms with Crippen molar-refractivity contribution in [1.82, 2.24) is 0 Å². The average Bonchev–Trinajstić information content (AvgIpc) is 3.03. The minimum absolute atomic E-state index is 0.00232. The standard InChI is InChI=1S/C24H21ClN2O5/c1-14-4-2-7-19-21(14)23(30)27(22(19)29)18-10-8-15(9-11-18)24(31)32-13-20(28)26-17-6-3-5-16(25)12-17/h2-6,8-12,14,19,21H,7,13H2,1H3,(H,26,28)/t14-,19+,21-/m1/s1. The minimum atomic E-state index is -0.691. The quantitative estimate of drug-likeness (QED) is 0.422. The highest BCUT2D eigenvalue weighted by Gasteiger charge is 2.50. The highest BCUT2D eigenvalue weighted by atomic mass is 35.5. The van der Waals surface area contributed by atoms with E-state index in [0.29, 0.717) is 22.8 Å². The highest BCUT2D eigenvalue weighted by Crippen LogP contribution is 2.40. The average molecular weight is 453 g/mol. The minimum Gasteiger partial charge on any atom is -0.452 e. The van der Waals surface area contributed by atoms with Crippen LogP contribution in [0.2, 0.25) is 5.02 Å². The zero-order chi connectivity index (χ0) is 22.8. The summed E-state index contributed by atoms with van der Waals surface area (Å²) in [5.41, 5.74) is 1.11. The Labute approximate surface area is 190 Å². The lowest BCUT2D eigenvalue weighted by molar-refractivity contribution is -0.123. The van der Waals surface area contributed by atoms with Gasteiger partial charge in [0.15, 0.2) is 6.61 Å². The zero-order valence-corrected chi connectivity index (χ0v) is 18.0.